The zero-order chi connectivity index (χ0) is 16.1. The lowest BCUT2D eigenvalue weighted by molar-refractivity contribution is -0.142. The molecule has 1 aliphatic carbocycles. The van der Waals surface area contributed by atoms with Crippen LogP contribution in [-0.4, -0.2) is 36.7 Å². The summed E-state index contributed by atoms with van der Waals surface area (Å²) in [6.45, 7) is 2.37. The van der Waals surface area contributed by atoms with E-state index in [9.17, 15) is 9.59 Å². The number of amides is 1. The van der Waals surface area contributed by atoms with Gasteiger partial charge in [-0.15, -0.1) is 0 Å². The highest BCUT2D eigenvalue weighted by atomic mass is 16.5. The lowest BCUT2D eigenvalue weighted by Crippen LogP contribution is -2.40. The molecule has 1 aliphatic rings. The summed E-state index contributed by atoms with van der Waals surface area (Å²) in [5.74, 6) is -0.596. The van der Waals surface area contributed by atoms with Gasteiger partial charge in [-0.3, -0.25) is 9.59 Å². The van der Waals surface area contributed by atoms with Gasteiger partial charge in [0.25, 0.3) is 5.91 Å². The molecule has 22 heavy (non-hydrogen) atoms. The van der Waals surface area contributed by atoms with Crippen LogP contribution in [0, 0.1) is 5.92 Å². The summed E-state index contributed by atoms with van der Waals surface area (Å²) in [6.07, 6.45) is 2.11. The number of rotatable bonds is 6. The second-order valence-electron chi connectivity index (χ2n) is 5.25. The average Bonchev–Trinajstić information content (AvgIpc) is 2.96. The first-order chi connectivity index (χ1) is 10.6. The van der Waals surface area contributed by atoms with Crippen LogP contribution in [0.15, 0.2) is 18.2 Å². The summed E-state index contributed by atoms with van der Waals surface area (Å²) < 4.78 is 10.6. The highest BCUT2D eigenvalue weighted by Gasteiger charge is 2.34. The van der Waals surface area contributed by atoms with Crippen LogP contribution in [0.2, 0.25) is 0 Å². The Balaban J connectivity index is 2.11. The first-order valence-electron chi connectivity index (χ1n) is 7.41. The summed E-state index contributed by atoms with van der Waals surface area (Å²) in [7, 11) is 1.51. The Morgan fingerprint density at radius 2 is 2.09 bits per heavy atom. The van der Waals surface area contributed by atoms with Gasteiger partial charge in [0.15, 0.2) is 11.5 Å². The average molecular weight is 307 g/mol. The van der Waals surface area contributed by atoms with Crippen molar-refractivity contribution >= 4 is 11.9 Å². The van der Waals surface area contributed by atoms with Gasteiger partial charge in [0, 0.05) is 11.6 Å². The molecule has 1 amide bonds. The Hall–Kier alpha value is -2.24. The molecule has 1 fully saturated rings. The molecule has 2 N–H and O–H groups in total. The quantitative estimate of drug-likeness (QED) is 0.840. The highest BCUT2D eigenvalue weighted by Crippen LogP contribution is 2.29. The van der Waals surface area contributed by atoms with Crippen LogP contribution in [0.3, 0.4) is 0 Å². The number of hydrogen-bond acceptors (Lipinski definition) is 4. The molecule has 0 heterocycles. The summed E-state index contributed by atoms with van der Waals surface area (Å²) >= 11 is 0. The first-order valence-corrected chi connectivity index (χ1v) is 7.41. The van der Waals surface area contributed by atoms with Gasteiger partial charge in [-0.25, -0.2) is 0 Å². The number of aliphatic carboxylic acids is 1. The summed E-state index contributed by atoms with van der Waals surface area (Å²) in [4.78, 5) is 23.5. The number of carboxylic acid groups (broad SMARTS) is 1. The smallest absolute Gasteiger partial charge is 0.308 e. The second-order valence-corrected chi connectivity index (χ2v) is 5.25. The van der Waals surface area contributed by atoms with E-state index in [0.717, 1.165) is 6.42 Å². The molecule has 0 aliphatic heterocycles. The summed E-state index contributed by atoms with van der Waals surface area (Å²) in [5.41, 5.74) is 0.427. The fourth-order valence-electron chi connectivity index (χ4n) is 2.76. The number of hydrogen-bond donors (Lipinski definition) is 2. The predicted molar refractivity (Wildman–Crippen MR) is 80.4 cm³/mol. The number of carbonyl (C=O) groups is 2. The minimum Gasteiger partial charge on any atom is -0.493 e. The lowest BCUT2D eigenvalue weighted by atomic mass is 10.0. The van der Waals surface area contributed by atoms with Crippen molar-refractivity contribution in [2.75, 3.05) is 13.7 Å². The Morgan fingerprint density at radius 1 is 1.32 bits per heavy atom. The molecular formula is C16H21NO5. The van der Waals surface area contributed by atoms with Crippen LogP contribution in [0.4, 0.5) is 0 Å². The molecule has 6 nitrogen and oxygen atoms in total. The zero-order valence-electron chi connectivity index (χ0n) is 12.8. The van der Waals surface area contributed by atoms with Gasteiger partial charge < -0.3 is 19.9 Å². The van der Waals surface area contributed by atoms with Crippen molar-refractivity contribution in [3.63, 3.8) is 0 Å². The van der Waals surface area contributed by atoms with Crippen LogP contribution in [0.25, 0.3) is 0 Å². The molecule has 2 rings (SSSR count). The fraction of sp³-hybridized carbons (Fsp3) is 0.500. The molecule has 0 aromatic heterocycles. The number of methoxy groups -OCH3 is 1. The number of benzene rings is 1. The number of carboxylic acids is 1. The van der Waals surface area contributed by atoms with Gasteiger partial charge in [-0.05, 0) is 38.0 Å². The largest absolute Gasteiger partial charge is 0.493 e. The van der Waals surface area contributed by atoms with Crippen LogP contribution in [-0.2, 0) is 4.79 Å². The van der Waals surface area contributed by atoms with Crippen LogP contribution >= 0.6 is 0 Å². The van der Waals surface area contributed by atoms with Gasteiger partial charge in [0.2, 0.25) is 0 Å². The van der Waals surface area contributed by atoms with E-state index >= 15 is 0 Å². The number of ether oxygens (including phenoxy) is 2. The SMILES string of the molecule is CCOc1ccc(C(=O)N[C@@H]2CCC[C@@H]2C(=O)O)cc1OC. The van der Waals surface area contributed by atoms with Gasteiger partial charge in [0.1, 0.15) is 0 Å². The van der Waals surface area contributed by atoms with Gasteiger partial charge in [-0.1, -0.05) is 6.42 Å². The van der Waals surface area contributed by atoms with Crippen LogP contribution in [0.1, 0.15) is 36.5 Å². The van der Waals surface area contributed by atoms with E-state index in [4.69, 9.17) is 14.6 Å². The highest BCUT2D eigenvalue weighted by molar-refractivity contribution is 5.95. The van der Waals surface area contributed by atoms with Crippen molar-refractivity contribution in [1.82, 2.24) is 5.32 Å². The molecular weight excluding hydrogens is 286 g/mol. The molecule has 0 bridgehead atoms. The molecule has 2 atom stereocenters. The van der Waals surface area contributed by atoms with E-state index < -0.39 is 11.9 Å². The summed E-state index contributed by atoms with van der Waals surface area (Å²) in [6, 6.07) is 4.61. The van der Waals surface area contributed by atoms with Crippen LogP contribution in [0.5, 0.6) is 11.5 Å². The maximum Gasteiger partial charge on any atom is 0.308 e. The van der Waals surface area contributed by atoms with E-state index in [1.54, 1.807) is 18.2 Å². The predicted octanol–water partition coefficient (Wildman–Crippen LogP) is 2.08. The molecule has 120 valence electrons. The first kappa shape index (κ1) is 16.1. The topological polar surface area (TPSA) is 84.9 Å². The van der Waals surface area contributed by atoms with Gasteiger partial charge in [-0.2, -0.15) is 0 Å². The molecule has 0 unspecified atom stereocenters. The molecule has 1 aromatic carbocycles. The Kier molecular flexibility index (Phi) is 5.25. The maximum atomic E-state index is 12.3. The standard InChI is InChI=1S/C16H21NO5/c1-3-22-13-8-7-10(9-14(13)21-2)15(18)17-12-6-4-5-11(12)16(19)20/h7-9,11-12H,3-6H2,1-2H3,(H,17,18)(H,19,20)/t11-,12+/m0/s1. The molecule has 0 spiro atoms. The maximum absolute atomic E-state index is 12.3. The monoisotopic (exact) mass is 307 g/mol. The second kappa shape index (κ2) is 7.15. The number of nitrogens with one attached hydrogen (secondary N) is 1. The van der Waals surface area contributed by atoms with Gasteiger partial charge in [0.05, 0.1) is 19.6 Å². The zero-order valence-corrected chi connectivity index (χ0v) is 12.8. The summed E-state index contributed by atoms with van der Waals surface area (Å²) in [5, 5.41) is 12.0. The van der Waals surface area contributed by atoms with Crippen molar-refractivity contribution in [3.8, 4) is 11.5 Å². The van der Waals surface area contributed by atoms with Crippen molar-refractivity contribution in [3.05, 3.63) is 23.8 Å². The van der Waals surface area contributed by atoms with Crippen LogP contribution < -0.4 is 14.8 Å². The van der Waals surface area contributed by atoms with E-state index in [-0.39, 0.29) is 11.9 Å². The van der Waals surface area contributed by atoms with E-state index in [2.05, 4.69) is 5.32 Å². The number of carbonyl (C=O) groups excluding carboxylic acids is 1. The lowest BCUT2D eigenvalue weighted by Gasteiger charge is -2.18. The minimum absolute atomic E-state index is 0.292. The third-order valence-electron chi connectivity index (χ3n) is 3.88. The Labute approximate surface area is 129 Å². The Bertz CT molecular complexity index is 557. The van der Waals surface area contributed by atoms with Crippen molar-refractivity contribution in [2.45, 2.75) is 32.2 Å². The minimum atomic E-state index is -0.855. The van der Waals surface area contributed by atoms with E-state index in [0.29, 0.717) is 36.5 Å². The van der Waals surface area contributed by atoms with Crippen molar-refractivity contribution < 1.29 is 24.2 Å². The third-order valence-corrected chi connectivity index (χ3v) is 3.88. The van der Waals surface area contributed by atoms with Crippen molar-refractivity contribution in [2.24, 2.45) is 5.92 Å². The normalized spacial score (nSPS) is 20.5. The van der Waals surface area contributed by atoms with E-state index in [1.165, 1.54) is 7.11 Å². The van der Waals surface area contributed by atoms with Gasteiger partial charge >= 0.3 is 5.97 Å². The van der Waals surface area contributed by atoms with Crippen molar-refractivity contribution in [1.29, 1.82) is 0 Å². The molecule has 6 heteroatoms. The van der Waals surface area contributed by atoms with E-state index in [1.807, 2.05) is 6.92 Å². The third kappa shape index (κ3) is 3.50. The molecule has 1 saturated carbocycles. The molecule has 0 radical (unpaired) electrons. The molecule has 1 aromatic rings. The fourth-order valence-corrected chi connectivity index (χ4v) is 2.76. The molecule has 0 saturated heterocycles. The Morgan fingerprint density at radius 3 is 2.73 bits per heavy atom.